The second-order valence-corrected chi connectivity index (χ2v) is 3.93. The fraction of sp³-hybridized carbons (Fsp3) is 0.455. The van der Waals surface area contributed by atoms with Crippen molar-refractivity contribution in [2.45, 2.75) is 12.4 Å². The Bertz CT molecular complexity index is 371. The highest BCUT2D eigenvalue weighted by Gasteiger charge is 2.31. The van der Waals surface area contributed by atoms with Crippen LogP contribution < -0.4 is 15.0 Å². The van der Waals surface area contributed by atoms with Gasteiger partial charge in [0.25, 0.3) is 0 Å². The molecule has 3 nitrogen and oxygen atoms in total. The fourth-order valence-electron chi connectivity index (χ4n) is 1.73. The standard InChI is InChI=1S/C11H13F3N2O/c1-15-8-6-16(7-8)9-2-4-10(5-3-9)17-11(12,13)14/h2-5,8,15H,6-7H2,1H3. The average Bonchev–Trinajstić information content (AvgIpc) is 2.16. The van der Waals surface area contributed by atoms with E-state index in [1.54, 1.807) is 12.1 Å². The van der Waals surface area contributed by atoms with Gasteiger partial charge in [-0.05, 0) is 31.3 Å². The highest BCUT2D eigenvalue weighted by atomic mass is 19.4. The zero-order valence-electron chi connectivity index (χ0n) is 9.29. The molecule has 0 aromatic heterocycles. The summed E-state index contributed by atoms with van der Waals surface area (Å²) in [6.07, 6.45) is -4.63. The highest BCUT2D eigenvalue weighted by molar-refractivity contribution is 5.51. The zero-order chi connectivity index (χ0) is 12.5. The SMILES string of the molecule is CNC1CN(c2ccc(OC(F)(F)F)cc2)C1. The van der Waals surface area contributed by atoms with E-state index in [0.717, 1.165) is 18.8 Å². The number of halogens is 3. The summed E-state index contributed by atoms with van der Waals surface area (Å²) >= 11 is 0. The molecule has 0 bridgehead atoms. The highest BCUT2D eigenvalue weighted by Crippen LogP contribution is 2.27. The monoisotopic (exact) mass is 246 g/mol. The van der Waals surface area contributed by atoms with E-state index < -0.39 is 6.36 Å². The van der Waals surface area contributed by atoms with Crippen molar-refractivity contribution in [3.05, 3.63) is 24.3 Å². The number of nitrogens with one attached hydrogen (secondary N) is 1. The van der Waals surface area contributed by atoms with Gasteiger partial charge in [-0.25, -0.2) is 0 Å². The van der Waals surface area contributed by atoms with Gasteiger partial charge in [-0.15, -0.1) is 13.2 Å². The quantitative estimate of drug-likeness (QED) is 0.882. The van der Waals surface area contributed by atoms with Crippen molar-refractivity contribution < 1.29 is 17.9 Å². The number of hydrogen-bond donors (Lipinski definition) is 1. The summed E-state index contributed by atoms with van der Waals surface area (Å²) in [6.45, 7) is 1.74. The van der Waals surface area contributed by atoms with Crippen LogP contribution in [0.3, 0.4) is 0 Å². The molecule has 0 spiro atoms. The van der Waals surface area contributed by atoms with Crippen molar-refractivity contribution in [1.82, 2.24) is 5.32 Å². The molecule has 0 radical (unpaired) electrons. The van der Waals surface area contributed by atoms with Gasteiger partial charge in [0, 0.05) is 24.8 Å². The van der Waals surface area contributed by atoms with E-state index in [1.807, 2.05) is 7.05 Å². The molecule has 17 heavy (non-hydrogen) atoms. The van der Waals surface area contributed by atoms with Crippen LogP contribution in [0.5, 0.6) is 5.75 Å². The maximum absolute atomic E-state index is 11.9. The first-order valence-corrected chi connectivity index (χ1v) is 5.26. The van der Waals surface area contributed by atoms with E-state index >= 15 is 0 Å². The minimum atomic E-state index is -4.63. The van der Waals surface area contributed by atoms with Crippen LogP contribution in [0.25, 0.3) is 0 Å². The Hall–Kier alpha value is -1.43. The molecule has 1 heterocycles. The number of rotatable bonds is 3. The Kier molecular flexibility index (Phi) is 3.15. The molecule has 1 aliphatic rings. The molecule has 1 aliphatic heterocycles. The lowest BCUT2D eigenvalue weighted by atomic mass is 10.1. The Labute approximate surface area is 97.2 Å². The summed E-state index contributed by atoms with van der Waals surface area (Å²) in [5.74, 6) is -0.188. The summed E-state index contributed by atoms with van der Waals surface area (Å²) < 4.78 is 39.6. The molecule has 1 fully saturated rings. The number of likely N-dealkylation sites (N-methyl/N-ethyl adjacent to an activating group) is 1. The predicted molar refractivity (Wildman–Crippen MR) is 58.2 cm³/mol. The maximum atomic E-state index is 11.9. The van der Waals surface area contributed by atoms with Gasteiger partial charge in [0.05, 0.1) is 0 Å². The first kappa shape index (κ1) is 12.0. The Morgan fingerprint density at radius 2 is 1.82 bits per heavy atom. The summed E-state index contributed by atoms with van der Waals surface area (Å²) in [5, 5.41) is 3.13. The molecule has 0 saturated carbocycles. The summed E-state index contributed by atoms with van der Waals surface area (Å²) in [6, 6.07) is 6.38. The van der Waals surface area contributed by atoms with Gasteiger partial charge in [0.1, 0.15) is 5.75 Å². The molecule has 1 N–H and O–H groups in total. The molecule has 0 atom stereocenters. The first-order chi connectivity index (χ1) is 7.98. The van der Waals surface area contributed by atoms with E-state index in [9.17, 15) is 13.2 Å². The second-order valence-electron chi connectivity index (χ2n) is 3.93. The van der Waals surface area contributed by atoms with Crippen molar-refractivity contribution in [2.24, 2.45) is 0 Å². The number of benzene rings is 1. The molecule has 1 saturated heterocycles. The van der Waals surface area contributed by atoms with Crippen molar-refractivity contribution in [1.29, 1.82) is 0 Å². The number of anilines is 1. The normalized spacial score (nSPS) is 16.8. The maximum Gasteiger partial charge on any atom is 0.573 e. The van der Waals surface area contributed by atoms with E-state index in [1.165, 1.54) is 12.1 Å². The van der Waals surface area contributed by atoms with Crippen LogP contribution in [0.1, 0.15) is 0 Å². The van der Waals surface area contributed by atoms with Crippen LogP contribution in [-0.4, -0.2) is 32.5 Å². The van der Waals surface area contributed by atoms with Crippen LogP contribution in [0.15, 0.2) is 24.3 Å². The molecule has 94 valence electrons. The first-order valence-electron chi connectivity index (χ1n) is 5.26. The van der Waals surface area contributed by atoms with E-state index in [0.29, 0.717) is 6.04 Å². The Balaban J connectivity index is 1.95. The van der Waals surface area contributed by atoms with Gasteiger partial charge in [-0.3, -0.25) is 0 Å². The van der Waals surface area contributed by atoms with Gasteiger partial charge >= 0.3 is 6.36 Å². The van der Waals surface area contributed by atoms with E-state index in [2.05, 4.69) is 15.0 Å². The van der Waals surface area contributed by atoms with Crippen LogP contribution in [0, 0.1) is 0 Å². The van der Waals surface area contributed by atoms with Gasteiger partial charge in [0.15, 0.2) is 0 Å². The molecule has 6 heteroatoms. The largest absolute Gasteiger partial charge is 0.573 e. The molecular weight excluding hydrogens is 233 g/mol. The van der Waals surface area contributed by atoms with Crippen LogP contribution in [0.2, 0.25) is 0 Å². The van der Waals surface area contributed by atoms with Crippen molar-refractivity contribution in [3.63, 3.8) is 0 Å². The zero-order valence-corrected chi connectivity index (χ0v) is 9.29. The summed E-state index contributed by atoms with van der Waals surface area (Å²) in [5.41, 5.74) is 0.908. The fourth-order valence-corrected chi connectivity index (χ4v) is 1.73. The number of hydrogen-bond acceptors (Lipinski definition) is 3. The third-order valence-electron chi connectivity index (χ3n) is 2.73. The lowest BCUT2D eigenvalue weighted by Crippen LogP contribution is -2.57. The van der Waals surface area contributed by atoms with Crippen LogP contribution in [-0.2, 0) is 0 Å². The van der Waals surface area contributed by atoms with Gasteiger partial charge in [-0.2, -0.15) is 0 Å². The molecule has 1 aromatic carbocycles. The third-order valence-corrected chi connectivity index (χ3v) is 2.73. The predicted octanol–water partition coefficient (Wildman–Crippen LogP) is 1.99. The Morgan fingerprint density at radius 1 is 1.24 bits per heavy atom. The Morgan fingerprint density at radius 3 is 2.29 bits per heavy atom. The van der Waals surface area contributed by atoms with Crippen molar-refractivity contribution >= 4 is 5.69 Å². The van der Waals surface area contributed by atoms with Crippen molar-refractivity contribution in [3.8, 4) is 5.75 Å². The van der Waals surface area contributed by atoms with Gasteiger partial charge < -0.3 is 15.0 Å². The minimum absolute atomic E-state index is 0.188. The summed E-state index contributed by atoms with van der Waals surface area (Å²) in [7, 11) is 1.89. The molecule has 2 rings (SSSR count). The average molecular weight is 246 g/mol. The molecular formula is C11H13F3N2O. The number of ether oxygens (including phenoxy) is 1. The van der Waals surface area contributed by atoms with E-state index in [4.69, 9.17) is 0 Å². The number of alkyl halides is 3. The van der Waals surface area contributed by atoms with E-state index in [-0.39, 0.29) is 5.75 Å². The molecule has 0 aliphatic carbocycles. The topological polar surface area (TPSA) is 24.5 Å². The minimum Gasteiger partial charge on any atom is -0.406 e. The molecule has 0 amide bonds. The molecule has 0 unspecified atom stereocenters. The lowest BCUT2D eigenvalue weighted by Gasteiger charge is -2.40. The van der Waals surface area contributed by atoms with Gasteiger partial charge in [-0.1, -0.05) is 0 Å². The summed E-state index contributed by atoms with van der Waals surface area (Å²) in [4.78, 5) is 2.08. The lowest BCUT2D eigenvalue weighted by molar-refractivity contribution is -0.274. The second kappa shape index (κ2) is 4.44. The smallest absolute Gasteiger partial charge is 0.406 e. The van der Waals surface area contributed by atoms with Crippen molar-refractivity contribution in [2.75, 3.05) is 25.0 Å². The van der Waals surface area contributed by atoms with Crippen LogP contribution >= 0.6 is 0 Å². The van der Waals surface area contributed by atoms with Gasteiger partial charge in [0.2, 0.25) is 0 Å². The third kappa shape index (κ3) is 3.03. The molecule has 1 aromatic rings. The number of nitrogens with zero attached hydrogens (tertiary/aromatic N) is 1. The van der Waals surface area contributed by atoms with Crippen LogP contribution in [0.4, 0.5) is 18.9 Å².